The Balaban J connectivity index is 1.66. The first-order chi connectivity index (χ1) is 11.1. The molecule has 2 N–H and O–H groups in total. The maximum atomic E-state index is 12.4. The number of halogens is 1. The molecule has 0 bridgehead atoms. The molecule has 0 radical (unpaired) electrons. The highest BCUT2D eigenvalue weighted by molar-refractivity contribution is 9.10. The van der Waals surface area contributed by atoms with Gasteiger partial charge in [0.2, 0.25) is 0 Å². The maximum Gasteiger partial charge on any atom is 0.273 e. The predicted octanol–water partition coefficient (Wildman–Crippen LogP) is 2.46. The number of carbonyl (C=O) groups excluding carboxylic acids is 1. The van der Waals surface area contributed by atoms with E-state index in [1.807, 2.05) is 35.9 Å². The van der Waals surface area contributed by atoms with Crippen molar-refractivity contribution in [2.45, 2.75) is 31.8 Å². The minimum atomic E-state index is -0.201. The summed E-state index contributed by atoms with van der Waals surface area (Å²) in [5, 5.41) is 14.4. The summed E-state index contributed by atoms with van der Waals surface area (Å²) in [5.74, 6) is -0.201. The topological polar surface area (TPSA) is 71.8 Å². The fraction of sp³-hybridized carbons (Fsp3) is 0.438. The number of aromatic nitrogens is 3. The van der Waals surface area contributed by atoms with Crippen molar-refractivity contribution < 1.29 is 4.79 Å². The number of hydrogen-bond acceptors (Lipinski definition) is 4. The normalized spacial score (nSPS) is 17.0. The van der Waals surface area contributed by atoms with E-state index in [1.165, 1.54) is 0 Å². The molecule has 1 fully saturated rings. The smallest absolute Gasteiger partial charge is 0.273 e. The summed E-state index contributed by atoms with van der Waals surface area (Å²) in [6.07, 6.45) is 3.77. The molecule has 1 aromatic heterocycles. The van der Waals surface area contributed by atoms with E-state index in [2.05, 4.69) is 36.9 Å². The molecule has 1 saturated heterocycles. The molecule has 2 heterocycles. The van der Waals surface area contributed by atoms with E-state index in [-0.39, 0.29) is 11.9 Å². The first kappa shape index (κ1) is 16.1. The van der Waals surface area contributed by atoms with E-state index in [1.54, 1.807) is 6.20 Å². The first-order valence-electron chi connectivity index (χ1n) is 7.83. The maximum absolute atomic E-state index is 12.4. The van der Waals surface area contributed by atoms with Crippen molar-refractivity contribution in [1.29, 1.82) is 0 Å². The Morgan fingerprint density at radius 2 is 2.13 bits per heavy atom. The lowest BCUT2D eigenvalue weighted by Crippen LogP contribution is -2.29. The molecule has 2 aromatic rings. The van der Waals surface area contributed by atoms with Crippen LogP contribution in [0.5, 0.6) is 0 Å². The van der Waals surface area contributed by atoms with E-state index < -0.39 is 0 Å². The molecular weight excluding hydrogens is 358 g/mol. The average molecular weight is 378 g/mol. The van der Waals surface area contributed by atoms with Gasteiger partial charge in [-0.3, -0.25) is 4.79 Å². The van der Waals surface area contributed by atoms with Crippen LogP contribution in [0.3, 0.4) is 0 Å². The van der Waals surface area contributed by atoms with Crippen LogP contribution in [0.25, 0.3) is 0 Å². The van der Waals surface area contributed by atoms with Crippen LogP contribution in [-0.4, -0.2) is 34.0 Å². The Hall–Kier alpha value is -1.73. The van der Waals surface area contributed by atoms with Crippen LogP contribution in [0.2, 0.25) is 0 Å². The van der Waals surface area contributed by atoms with Crippen molar-refractivity contribution in [3.8, 4) is 0 Å². The van der Waals surface area contributed by atoms with Crippen LogP contribution in [-0.2, 0) is 0 Å². The Labute approximate surface area is 143 Å². The molecule has 6 nitrogen and oxygen atoms in total. The Morgan fingerprint density at radius 3 is 2.87 bits per heavy atom. The van der Waals surface area contributed by atoms with Gasteiger partial charge in [-0.1, -0.05) is 39.3 Å². The van der Waals surface area contributed by atoms with Gasteiger partial charge in [0.1, 0.15) is 0 Å². The molecule has 0 spiro atoms. The summed E-state index contributed by atoms with van der Waals surface area (Å²) in [4.78, 5) is 12.4. The third kappa shape index (κ3) is 3.79. The van der Waals surface area contributed by atoms with Gasteiger partial charge >= 0.3 is 0 Å². The highest BCUT2D eigenvalue weighted by Crippen LogP contribution is 2.23. The van der Waals surface area contributed by atoms with Gasteiger partial charge in [0, 0.05) is 4.47 Å². The van der Waals surface area contributed by atoms with Gasteiger partial charge in [-0.25, -0.2) is 4.68 Å². The summed E-state index contributed by atoms with van der Waals surface area (Å²) in [5.41, 5.74) is 1.40. The molecule has 1 aliphatic rings. The molecule has 7 heteroatoms. The van der Waals surface area contributed by atoms with Crippen molar-refractivity contribution >= 4 is 21.8 Å². The molecular formula is C16H20BrN5O. The summed E-state index contributed by atoms with van der Waals surface area (Å²) < 4.78 is 2.80. The number of piperidine rings is 1. The highest BCUT2D eigenvalue weighted by atomic mass is 79.9. The minimum Gasteiger partial charge on any atom is -0.344 e. The molecule has 1 aliphatic heterocycles. The summed E-state index contributed by atoms with van der Waals surface area (Å²) in [6, 6.07) is 8.07. The van der Waals surface area contributed by atoms with Crippen molar-refractivity contribution in [2.75, 3.05) is 13.1 Å². The lowest BCUT2D eigenvalue weighted by atomic mass is 10.1. The molecule has 122 valence electrons. The number of carbonyl (C=O) groups is 1. The summed E-state index contributed by atoms with van der Waals surface area (Å²) in [6.45, 7) is 3.91. The third-order valence-corrected chi connectivity index (χ3v) is 4.87. The van der Waals surface area contributed by atoms with Gasteiger partial charge in [0.15, 0.2) is 5.69 Å². The van der Waals surface area contributed by atoms with E-state index in [4.69, 9.17) is 0 Å². The molecule has 23 heavy (non-hydrogen) atoms. The Kier molecular flexibility index (Phi) is 5.07. The SMILES string of the molecule is C[C@H](NC(=O)c1cn(C2CCNCC2)nn1)c1ccccc1Br. The third-order valence-electron chi connectivity index (χ3n) is 4.15. The second-order valence-electron chi connectivity index (χ2n) is 5.78. The first-order valence-corrected chi connectivity index (χ1v) is 8.62. The second-order valence-corrected chi connectivity index (χ2v) is 6.64. The van der Waals surface area contributed by atoms with Gasteiger partial charge in [-0.2, -0.15) is 0 Å². The van der Waals surface area contributed by atoms with Crippen LogP contribution in [0.15, 0.2) is 34.9 Å². The lowest BCUT2D eigenvalue weighted by molar-refractivity contribution is 0.0934. The fourth-order valence-corrected chi connectivity index (χ4v) is 3.43. The largest absolute Gasteiger partial charge is 0.344 e. The zero-order valence-corrected chi connectivity index (χ0v) is 14.6. The number of nitrogens with one attached hydrogen (secondary N) is 2. The van der Waals surface area contributed by atoms with Crippen LogP contribution in [0.4, 0.5) is 0 Å². The van der Waals surface area contributed by atoms with Crippen molar-refractivity contribution in [3.63, 3.8) is 0 Å². The lowest BCUT2D eigenvalue weighted by Gasteiger charge is -2.22. The Bertz CT molecular complexity index is 681. The predicted molar refractivity (Wildman–Crippen MR) is 91.2 cm³/mol. The van der Waals surface area contributed by atoms with E-state index in [9.17, 15) is 4.79 Å². The number of benzene rings is 1. The zero-order chi connectivity index (χ0) is 16.2. The number of rotatable bonds is 4. The molecule has 0 aliphatic carbocycles. The van der Waals surface area contributed by atoms with Crippen LogP contribution in [0, 0.1) is 0 Å². The van der Waals surface area contributed by atoms with Crippen molar-refractivity contribution in [2.24, 2.45) is 0 Å². The molecule has 1 atom stereocenters. The van der Waals surface area contributed by atoms with E-state index in [0.29, 0.717) is 11.7 Å². The Morgan fingerprint density at radius 1 is 1.39 bits per heavy atom. The standard InChI is InChI=1S/C16H20BrN5O/c1-11(13-4-2-3-5-14(13)17)19-16(23)15-10-22(21-20-15)12-6-8-18-9-7-12/h2-5,10-12,18H,6-9H2,1H3,(H,19,23)/t11-/m0/s1. The van der Waals surface area contributed by atoms with Gasteiger partial charge in [0.05, 0.1) is 18.3 Å². The zero-order valence-electron chi connectivity index (χ0n) is 13.0. The summed E-state index contributed by atoms with van der Waals surface area (Å²) >= 11 is 3.51. The van der Waals surface area contributed by atoms with Crippen LogP contribution < -0.4 is 10.6 Å². The summed E-state index contributed by atoms with van der Waals surface area (Å²) in [7, 11) is 0. The average Bonchev–Trinajstić information content (AvgIpc) is 3.06. The quantitative estimate of drug-likeness (QED) is 0.858. The van der Waals surface area contributed by atoms with E-state index in [0.717, 1.165) is 36.0 Å². The second kappa shape index (κ2) is 7.23. The van der Waals surface area contributed by atoms with Gasteiger partial charge in [0.25, 0.3) is 5.91 Å². The van der Waals surface area contributed by atoms with Crippen LogP contribution in [0.1, 0.15) is 47.9 Å². The molecule has 1 amide bonds. The van der Waals surface area contributed by atoms with Crippen molar-refractivity contribution in [1.82, 2.24) is 25.6 Å². The molecule has 1 aromatic carbocycles. The molecule has 0 unspecified atom stereocenters. The monoisotopic (exact) mass is 377 g/mol. The van der Waals surface area contributed by atoms with Gasteiger partial charge < -0.3 is 10.6 Å². The van der Waals surface area contributed by atoms with Gasteiger partial charge in [-0.05, 0) is 44.5 Å². The number of hydrogen-bond donors (Lipinski definition) is 2. The minimum absolute atomic E-state index is 0.109. The molecule has 0 saturated carbocycles. The molecule has 3 rings (SSSR count). The van der Waals surface area contributed by atoms with Gasteiger partial charge in [-0.15, -0.1) is 5.10 Å². The fourth-order valence-electron chi connectivity index (χ4n) is 2.81. The highest BCUT2D eigenvalue weighted by Gasteiger charge is 2.20. The van der Waals surface area contributed by atoms with E-state index >= 15 is 0 Å². The van der Waals surface area contributed by atoms with Crippen LogP contribution >= 0.6 is 15.9 Å². The van der Waals surface area contributed by atoms with Crippen molar-refractivity contribution in [3.05, 3.63) is 46.2 Å². The number of nitrogens with zero attached hydrogens (tertiary/aromatic N) is 3. The number of amides is 1.